The summed E-state index contributed by atoms with van der Waals surface area (Å²) in [5, 5.41) is 11.5. The van der Waals surface area contributed by atoms with Crippen LogP contribution in [0.3, 0.4) is 0 Å². The molecule has 0 spiro atoms. The normalized spacial score (nSPS) is 27.3. The molecule has 5 nitrogen and oxygen atoms in total. The molecule has 1 saturated carbocycles. The zero-order chi connectivity index (χ0) is 27.2. The molecule has 1 saturated heterocycles. The van der Waals surface area contributed by atoms with Crippen molar-refractivity contribution in [3.8, 4) is 0 Å². The molecule has 1 aromatic heterocycles. The van der Waals surface area contributed by atoms with Gasteiger partial charge in [0.2, 0.25) is 5.91 Å². The summed E-state index contributed by atoms with van der Waals surface area (Å²) in [5.41, 5.74) is 0.970. The average Bonchev–Trinajstić information content (AvgIpc) is 3.46. The Hall–Kier alpha value is -2.35. The molecule has 1 unspecified atom stereocenters. The third-order valence-electron chi connectivity index (χ3n) is 8.16. The Morgan fingerprint density at radius 3 is 2.11 bits per heavy atom. The van der Waals surface area contributed by atoms with Gasteiger partial charge >= 0.3 is 6.18 Å². The first-order chi connectivity index (χ1) is 17.1. The Morgan fingerprint density at radius 1 is 0.973 bits per heavy atom. The van der Waals surface area contributed by atoms with E-state index in [2.05, 4.69) is 52.2 Å². The summed E-state index contributed by atoms with van der Waals surface area (Å²) in [5.74, 6) is 0.498. The number of carbonyl (C=O) groups excluding carboxylic acids is 1. The van der Waals surface area contributed by atoms with Crippen molar-refractivity contribution >= 4 is 5.91 Å². The minimum absolute atomic E-state index is 0.0334. The highest BCUT2D eigenvalue weighted by atomic mass is 19.4. The van der Waals surface area contributed by atoms with E-state index >= 15 is 0 Å². The van der Waals surface area contributed by atoms with Crippen LogP contribution in [0.1, 0.15) is 102 Å². The predicted octanol–water partition coefficient (Wildman–Crippen LogP) is 6.56. The molecule has 2 fully saturated rings. The van der Waals surface area contributed by atoms with Gasteiger partial charge in [0.25, 0.3) is 0 Å². The van der Waals surface area contributed by atoms with E-state index in [1.807, 2.05) is 16.9 Å². The summed E-state index contributed by atoms with van der Waals surface area (Å²) in [7, 11) is 0. The lowest BCUT2D eigenvalue weighted by Gasteiger charge is -2.37. The van der Waals surface area contributed by atoms with Crippen LogP contribution in [0.2, 0.25) is 0 Å². The average molecular weight is 519 g/mol. The van der Waals surface area contributed by atoms with Crippen molar-refractivity contribution in [1.29, 1.82) is 0 Å². The molecule has 2 aliphatic rings. The molecule has 2 aromatic rings. The first kappa shape index (κ1) is 27.7. The summed E-state index contributed by atoms with van der Waals surface area (Å²) < 4.78 is 41.4. The van der Waals surface area contributed by atoms with Crippen molar-refractivity contribution in [2.75, 3.05) is 0 Å². The van der Waals surface area contributed by atoms with Gasteiger partial charge in [0.15, 0.2) is 0 Å². The molecule has 2 N–H and O–H groups in total. The van der Waals surface area contributed by atoms with E-state index < -0.39 is 17.8 Å². The minimum Gasteiger partial charge on any atom is -0.352 e. The molecule has 204 valence electrons. The molecule has 0 radical (unpaired) electrons. The van der Waals surface area contributed by atoms with Gasteiger partial charge in [-0.25, -0.2) is 0 Å². The summed E-state index contributed by atoms with van der Waals surface area (Å²) in [4.78, 5) is 13.3. The molecule has 37 heavy (non-hydrogen) atoms. The maximum absolute atomic E-state index is 13.3. The van der Waals surface area contributed by atoms with E-state index in [0.29, 0.717) is 12.3 Å². The summed E-state index contributed by atoms with van der Waals surface area (Å²) in [6.45, 7) is 13.0. The molecule has 0 bridgehead atoms. The highest BCUT2D eigenvalue weighted by molar-refractivity contribution is 5.82. The molecule has 4 rings (SSSR count). The Bertz CT molecular complexity index is 1070. The quantitative estimate of drug-likeness (QED) is 0.482. The number of nitrogens with one attached hydrogen (secondary N) is 2. The number of nitrogens with zero attached hydrogens (tertiary/aromatic N) is 2. The van der Waals surface area contributed by atoms with E-state index in [-0.39, 0.29) is 34.9 Å². The van der Waals surface area contributed by atoms with Crippen LogP contribution in [0.25, 0.3) is 0 Å². The van der Waals surface area contributed by atoms with Crippen LogP contribution in [0, 0.1) is 11.3 Å². The Labute approximate surface area is 218 Å². The van der Waals surface area contributed by atoms with Gasteiger partial charge in [-0.05, 0) is 88.0 Å². The van der Waals surface area contributed by atoms with E-state index in [0.717, 1.165) is 49.1 Å². The van der Waals surface area contributed by atoms with Crippen molar-refractivity contribution in [2.24, 2.45) is 11.3 Å². The minimum atomic E-state index is -4.39. The van der Waals surface area contributed by atoms with E-state index in [1.54, 1.807) is 0 Å². The van der Waals surface area contributed by atoms with Crippen LogP contribution in [0.5, 0.6) is 0 Å². The number of carbonyl (C=O) groups is 1. The Balaban J connectivity index is 1.51. The van der Waals surface area contributed by atoms with Gasteiger partial charge in [-0.15, -0.1) is 0 Å². The summed E-state index contributed by atoms with van der Waals surface area (Å²) >= 11 is 0. The third kappa shape index (κ3) is 6.39. The first-order valence-corrected chi connectivity index (χ1v) is 13.4. The van der Waals surface area contributed by atoms with Crippen LogP contribution in [-0.2, 0) is 16.5 Å². The molecule has 1 aromatic carbocycles. The number of alkyl halides is 3. The zero-order valence-electron chi connectivity index (χ0n) is 22.8. The smallest absolute Gasteiger partial charge is 0.352 e. The number of hydrogen-bond acceptors (Lipinski definition) is 3. The van der Waals surface area contributed by atoms with E-state index in [4.69, 9.17) is 5.10 Å². The third-order valence-corrected chi connectivity index (χ3v) is 8.16. The highest BCUT2D eigenvalue weighted by Crippen LogP contribution is 2.42. The fourth-order valence-electron chi connectivity index (χ4n) is 5.79. The number of amides is 1. The molecular formula is C29H41F3N4O. The second kappa shape index (κ2) is 10.1. The van der Waals surface area contributed by atoms with Crippen LogP contribution in [-0.4, -0.2) is 27.8 Å². The van der Waals surface area contributed by atoms with Gasteiger partial charge in [-0.1, -0.05) is 32.9 Å². The number of hydrogen-bond donors (Lipinski definition) is 2. The number of halogens is 3. The monoisotopic (exact) mass is 518 g/mol. The molecule has 1 amide bonds. The lowest BCUT2D eigenvalue weighted by Crippen LogP contribution is -2.47. The van der Waals surface area contributed by atoms with Crippen molar-refractivity contribution in [3.05, 3.63) is 53.3 Å². The molecule has 1 aliphatic carbocycles. The van der Waals surface area contributed by atoms with Gasteiger partial charge in [0.05, 0.1) is 22.8 Å². The molecular weight excluding hydrogens is 477 g/mol. The largest absolute Gasteiger partial charge is 0.416 e. The SMILES string of the molecule is CC(C)(C)C1CCC(NC(=O)[C@@H]2CC(c3ccn(C(C)(C)C)n3)[C@H](c3ccc(C(F)(F)F)cc3)N2)CC1. The van der Waals surface area contributed by atoms with Crippen LogP contribution in [0.4, 0.5) is 13.2 Å². The second-order valence-corrected chi connectivity index (χ2v) is 12.9. The summed E-state index contributed by atoms with van der Waals surface area (Å²) in [6.07, 6.45) is 2.24. The predicted molar refractivity (Wildman–Crippen MR) is 139 cm³/mol. The standard InChI is InChI=1S/C29H41F3N4O/c1-27(2,3)19-11-13-21(14-12-19)33-26(37)24-17-22(23-15-16-36(35-23)28(4,5)6)25(34-24)18-7-9-20(10-8-18)29(30,31)32/h7-10,15-16,19,21-22,24-25,34H,11-14,17H2,1-6H3,(H,33,37)/t19?,21?,22?,24-,25-/m0/s1. The van der Waals surface area contributed by atoms with Gasteiger partial charge in [-0.2, -0.15) is 18.3 Å². The Morgan fingerprint density at radius 2 is 1.59 bits per heavy atom. The highest BCUT2D eigenvalue weighted by Gasteiger charge is 2.41. The van der Waals surface area contributed by atoms with Crippen molar-refractivity contribution in [1.82, 2.24) is 20.4 Å². The van der Waals surface area contributed by atoms with Crippen molar-refractivity contribution < 1.29 is 18.0 Å². The maximum Gasteiger partial charge on any atom is 0.416 e. The molecule has 2 heterocycles. The first-order valence-electron chi connectivity index (χ1n) is 13.4. The van der Waals surface area contributed by atoms with Gasteiger partial charge < -0.3 is 5.32 Å². The lowest BCUT2D eigenvalue weighted by molar-refractivity contribution is -0.137. The number of benzene rings is 1. The fraction of sp³-hybridized carbons (Fsp3) is 0.655. The van der Waals surface area contributed by atoms with E-state index in [1.165, 1.54) is 12.1 Å². The number of rotatable bonds is 4. The second-order valence-electron chi connectivity index (χ2n) is 12.9. The van der Waals surface area contributed by atoms with Gasteiger partial charge in [0.1, 0.15) is 0 Å². The zero-order valence-corrected chi connectivity index (χ0v) is 22.8. The summed E-state index contributed by atoms with van der Waals surface area (Å²) in [6, 6.07) is 6.64. The molecule has 3 atom stereocenters. The molecule has 1 aliphatic heterocycles. The van der Waals surface area contributed by atoms with Gasteiger partial charge in [-0.3, -0.25) is 14.8 Å². The Kier molecular flexibility index (Phi) is 7.54. The fourth-order valence-corrected chi connectivity index (χ4v) is 5.79. The van der Waals surface area contributed by atoms with Gasteiger partial charge in [0, 0.05) is 24.2 Å². The molecule has 8 heteroatoms. The maximum atomic E-state index is 13.3. The van der Waals surface area contributed by atoms with Crippen molar-refractivity contribution in [3.63, 3.8) is 0 Å². The van der Waals surface area contributed by atoms with Crippen LogP contribution >= 0.6 is 0 Å². The van der Waals surface area contributed by atoms with E-state index in [9.17, 15) is 18.0 Å². The number of aromatic nitrogens is 2. The van der Waals surface area contributed by atoms with Crippen molar-refractivity contribution in [2.45, 2.75) is 109 Å². The van der Waals surface area contributed by atoms with Crippen LogP contribution < -0.4 is 10.6 Å². The van der Waals surface area contributed by atoms with Crippen LogP contribution in [0.15, 0.2) is 36.5 Å². The topological polar surface area (TPSA) is 59.0 Å². The lowest BCUT2D eigenvalue weighted by atomic mass is 9.71.